The van der Waals surface area contributed by atoms with Crippen molar-refractivity contribution in [2.45, 2.75) is 47.3 Å². The predicted molar refractivity (Wildman–Crippen MR) is 114 cm³/mol. The summed E-state index contributed by atoms with van der Waals surface area (Å²) in [6.07, 6.45) is 1.42. The van der Waals surface area contributed by atoms with Crippen LogP contribution in [0.1, 0.15) is 35.1 Å². The number of likely N-dealkylation sites (N-methyl/N-ethyl adjacent to an activating group) is 1. The van der Waals surface area contributed by atoms with Crippen molar-refractivity contribution in [3.8, 4) is 0 Å². The van der Waals surface area contributed by atoms with Gasteiger partial charge in [0.15, 0.2) is 6.10 Å². The van der Waals surface area contributed by atoms with Crippen LogP contribution in [0.3, 0.4) is 0 Å². The Balaban J connectivity index is 0. The van der Waals surface area contributed by atoms with Crippen molar-refractivity contribution in [3.63, 3.8) is 0 Å². The van der Waals surface area contributed by atoms with E-state index in [4.69, 9.17) is 9.47 Å². The number of ether oxygens (including phenoxy) is 2. The Labute approximate surface area is 174 Å². The molecule has 0 rings (SSSR count). The van der Waals surface area contributed by atoms with Gasteiger partial charge in [0.05, 0.1) is 12.0 Å². The summed E-state index contributed by atoms with van der Waals surface area (Å²) in [5, 5.41) is 2.36. The van der Waals surface area contributed by atoms with Crippen LogP contribution in [-0.2, 0) is 19.1 Å². The minimum atomic E-state index is -0.951. The number of carbonyl (C=O) groups is 3. The fourth-order valence-electron chi connectivity index (χ4n) is 1.94. The molecular formula is C19H37N3O5S. The van der Waals surface area contributed by atoms with Gasteiger partial charge in [0.2, 0.25) is 5.91 Å². The maximum Gasteiger partial charge on any atom is 0.407 e. The SMILES string of the molecule is C.CCSCOCN(C(=O)C(OC(=O)NC)C(C)C)C(C)/C=C/C(=O)N(C)C. The molecule has 9 heteroatoms. The van der Waals surface area contributed by atoms with Crippen LogP contribution in [0.4, 0.5) is 4.79 Å². The first kappa shape index (κ1) is 28.5. The monoisotopic (exact) mass is 419 g/mol. The topological polar surface area (TPSA) is 88.2 Å². The number of thioether (sulfide) groups is 1. The quantitative estimate of drug-likeness (QED) is 0.315. The average Bonchev–Trinajstić information content (AvgIpc) is 2.62. The van der Waals surface area contributed by atoms with E-state index in [9.17, 15) is 14.4 Å². The van der Waals surface area contributed by atoms with E-state index in [-0.39, 0.29) is 31.9 Å². The third kappa shape index (κ3) is 10.6. The molecule has 8 nitrogen and oxygen atoms in total. The normalized spacial score (nSPS) is 12.9. The summed E-state index contributed by atoms with van der Waals surface area (Å²) >= 11 is 1.59. The molecule has 0 fully saturated rings. The highest BCUT2D eigenvalue weighted by molar-refractivity contribution is 7.99. The van der Waals surface area contributed by atoms with E-state index in [0.717, 1.165) is 5.75 Å². The molecule has 0 radical (unpaired) electrons. The lowest BCUT2D eigenvalue weighted by molar-refractivity contribution is -0.149. The number of nitrogens with zero attached hydrogens (tertiary/aromatic N) is 2. The molecule has 0 aromatic heterocycles. The molecule has 0 spiro atoms. The highest BCUT2D eigenvalue weighted by Crippen LogP contribution is 2.15. The summed E-state index contributed by atoms with van der Waals surface area (Å²) in [6.45, 7) is 7.43. The van der Waals surface area contributed by atoms with E-state index in [0.29, 0.717) is 5.94 Å². The molecule has 0 aromatic carbocycles. The number of rotatable bonds is 11. The summed E-state index contributed by atoms with van der Waals surface area (Å²) in [6, 6.07) is -0.414. The van der Waals surface area contributed by atoms with E-state index in [1.807, 2.05) is 6.92 Å². The third-order valence-corrected chi connectivity index (χ3v) is 4.36. The molecule has 28 heavy (non-hydrogen) atoms. The molecule has 0 saturated carbocycles. The van der Waals surface area contributed by atoms with E-state index < -0.39 is 18.2 Å². The zero-order chi connectivity index (χ0) is 21.0. The summed E-state index contributed by atoms with van der Waals surface area (Å²) in [4.78, 5) is 39.3. The van der Waals surface area contributed by atoms with Gasteiger partial charge in [0.25, 0.3) is 5.91 Å². The molecule has 0 aliphatic carbocycles. The van der Waals surface area contributed by atoms with Crippen LogP contribution in [0.5, 0.6) is 0 Å². The van der Waals surface area contributed by atoms with Gasteiger partial charge in [-0.1, -0.05) is 34.3 Å². The van der Waals surface area contributed by atoms with Crippen molar-refractivity contribution in [2.75, 3.05) is 39.6 Å². The Morgan fingerprint density at radius 3 is 2.25 bits per heavy atom. The zero-order valence-corrected chi connectivity index (χ0v) is 18.2. The van der Waals surface area contributed by atoms with Gasteiger partial charge < -0.3 is 24.6 Å². The van der Waals surface area contributed by atoms with Crippen molar-refractivity contribution < 1.29 is 23.9 Å². The van der Waals surface area contributed by atoms with Crippen LogP contribution in [0.25, 0.3) is 0 Å². The molecule has 0 aliphatic heterocycles. The van der Waals surface area contributed by atoms with E-state index in [1.165, 1.54) is 22.9 Å². The maximum atomic E-state index is 13.0. The lowest BCUT2D eigenvalue weighted by Gasteiger charge is -2.31. The fourth-order valence-corrected chi connectivity index (χ4v) is 2.30. The molecule has 0 saturated heterocycles. The molecule has 0 heterocycles. The van der Waals surface area contributed by atoms with Gasteiger partial charge in [-0.15, -0.1) is 11.8 Å². The lowest BCUT2D eigenvalue weighted by Crippen LogP contribution is -2.49. The van der Waals surface area contributed by atoms with Gasteiger partial charge in [-0.25, -0.2) is 4.79 Å². The minimum Gasteiger partial charge on any atom is -0.436 e. The molecule has 1 N–H and O–H groups in total. The lowest BCUT2D eigenvalue weighted by atomic mass is 10.1. The van der Waals surface area contributed by atoms with Crippen LogP contribution in [0.2, 0.25) is 0 Å². The summed E-state index contributed by atoms with van der Waals surface area (Å²) in [5.41, 5.74) is 0. The van der Waals surface area contributed by atoms with Crippen LogP contribution >= 0.6 is 11.8 Å². The van der Waals surface area contributed by atoms with Gasteiger partial charge in [-0.3, -0.25) is 9.59 Å². The Morgan fingerprint density at radius 1 is 1.18 bits per heavy atom. The molecule has 164 valence electrons. The first-order valence-electron chi connectivity index (χ1n) is 8.89. The second-order valence-electron chi connectivity index (χ2n) is 6.40. The Bertz CT molecular complexity index is 512. The van der Waals surface area contributed by atoms with E-state index in [2.05, 4.69) is 5.32 Å². The molecule has 3 amide bonds. The van der Waals surface area contributed by atoms with Crippen molar-refractivity contribution in [3.05, 3.63) is 12.2 Å². The highest BCUT2D eigenvalue weighted by Gasteiger charge is 2.32. The van der Waals surface area contributed by atoms with Crippen molar-refractivity contribution in [1.29, 1.82) is 0 Å². The number of hydrogen-bond acceptors (Lipinski definition) is 6. The van der Waals surface area contributed by atoms with Gasteiger partial charge in [0, 0.05) is 27.2 Å². The van der Waals surface area contributed by atoms with Crippen LogP contribution in [0.15, 0.2) is 12.2 Å². The fraction of sp³-hybridized carbons (Fsp3) is 0.737. The molecule has 0 aliphatic rings. The first-order chi connectivity index (χ1) is 12.6. The van der Waals surface area contributed by atoms with Crippen molar-refractivity contribution in [1.82, 2.24) is 15.1 Å². The standard InChI is InChI=1S/C18H33N3O5S.CH4/c1-8-27-12-25-11-21(14(4)9-10-15(22)20(6)7)17(23)16(13(2)3)26-18(24)19-5;/h9-10,13-14,16H,8,11-12H2,1-7H3,(H,19,24);1H4/b10-9+;. The summed E-state index contributed by atoms with van der Waals surface area (Å²) in [7, 11) is 4.74. The Hall–Kier alpha value is -1.74. The Morgan fingerprint density at radius 2 is 1.79 bits per heavy atom. The highest BCUT2D eigenvalue weighted by atomic mass is 32.2. The van der Waals surface area contributed by atoms with Crippen molar-refractivity contribution >= 4 is 29.7 Å². The maximum absolute atomic E-state index is 13.0. The van der Waals surface area contributed by atoms with Gasteiger partial charge in [-0.2, -0.15) is 0 Å². The van der Waals surface area contributed by atoms with Crippen molar-refractivity contribution in [2.24, 2.45) is 5.92 Å². The molecule has 2 atom stereocenters. The second-order valence-corrected chi connectivity index (χ2v) is 7.63. The van der Waals surface area contributed by atoms with E-state index >= 15 is 0 Å². The predicted octanol–water partition coefficient (Wildman–Crippen LogP) is 2.55. The third-order valence-electron chi connectivity index (χ3n) is 3.62. The van der Waals surface area contributed by atoms with Crippen LogP contribution in [0, 0.1) is 5.92 Å². The number of alkyl carbamates (subject to hydrolysis) is 1. The van der Waals surface area contributed by atoms with E-state index in [1.54, 1.807) is 52.7 Å². The minimum absolute atomic E-state index is 0. The number of hydrogen-bond donors (Lipinski definition) is 1. The first-order valence-corrected chi connectivity index (χ1v) is 10.0. The number of amides is 3. The van der Waals surface area contributed by atoms with Gasteiger partial charge >= 0.3 is 6.09 Å². The molecular weight excluding hydrogens is 382 g/mol. The molecule has 2 unspecified atom stereocenters. The second kappa shape index (κ2) is 15.2. The van der Waals surface area contributed by atoms with Crippen LogP contribution < -0.4 is 5.32 Å². The molecule has 0 aromatic rings. The van der Waals surface area contributed by atoms with Gasteiger partial charge in [0.1, 0.15) is 6.73 Å². The Kier molecular flexibility index (Phi) is 15.5. The molecule has 0 bridgehead atoms. The van der Waals surface area contributed by atoms with Gasteiger partial charge in [-0.05, 0) is 18.6 Å². The average molecular weight is 420 g/mol. The van der Waals surface area contributed by atoms with Crippen LogP contribution in [-0.4, -0.2) is 79.4 Å². The number of carbonyl (C=O) groups excluding carboxylic acids is 3. The largest absolute Gasteiger partial charge is 0.436 e. The number of nitrogens with one attached hydrogen (secondary N) is 1. The summed E-state index contributed by atoms with van der Waals surface area (Å²) in [5.74, 6) is 0.565. The smallest absolute Gasteiger partial charge is 0.407 e. The zero-order valence-electron chi connectivity index (χ0n) is 17.4. The summed E-state index contributed by atoms with van der Waals surface area (Å²) < 4.78 is 10.8.